The monoisotopic (exact) mass is 357 g/mol. The Kier molecular flexibility index (Phi) is 5.35. The van der Waals surface area contributed by atoms with E-state index in [-0.39, 0.29) is 17.2 Å². The van der Waals surface area contributed by atoms with Crippen molar-refractivity contribution in [3.05, 3.63) is 71.9 Å². The van der Waals surface area contributed by atoms with Crippen LogP contribution in [0.1, 0.15) is 5.56 Å². The second kappa shape index (κ2) is 7.85. The van der Waals surface area contributed by atoms with Crippen LogP contribution in [0.2, 0.25) is 0 Å². The molecule has 1 heterocycles. The number of fused-ring (bicyclic) bond motifs is 1. The third-order valence-corrected chi connectivity index (χ3v) is 4.38. The quantitative estimate of drug-likeness (QED) is 0.430. The zero-order chi connectivity index (χ0) is 17.6. The van der Waals surface area contributed by atoms with Gasteiger partial charge in [0.1, 0.15) is 11.6 Å². The zero-order valence-electron chi connectivity index (χ0n) is 12.9. The van der Waals surface area contributed by atoms with Crippen LogP contribution in [0.5, 0.6) is 0 Å². The van der Waals surface area contributed by atoms with Crippen LogP contribution in [0.15, 0.2) is 64.7 Å². The van der Waals surface area contributed by atoms with Crippen LogP contribution in [-0.4, -0.2) is 22.9 Å². The van der Waals surface area contributed by atoms with Gasteiger partial charge in [-0.1, -0.05) is 24.3 Å². The molecule has 0 bridgehead atoms. The highest BCUT2D eigenvalue weighted by molar-refractivity contribution is 8.00. The Hall–Kier alpha value is -2.80. The van der Waals surface area contributed by atoms with E-state index in [0.29, 0.717) is 0 Å². The molecule has 0 aliphatic heterocycles. The van der Waals surface area contributed by atoms with Gasteiger partial charge in [-0.3, -0.25) is 9.78 Å². The zero-order valence-corrected chi connectivity index (χ0v) is 13.8. The summed E-state index contributed by atoms with van der Waals surface area (Å²) in [4.78, 5) is 17.0. The predicted octanol–water partition coefficient (Wildman–Crippen LogP) is 3.76. The Morgan fingerprint density at radius 2 is 1.84 bits per heavy atom. The number of aromatic nitrogens is 1. The van der Waals surface area contributed by atoms with Crippen LogP contribution in [-0.2, 0) is 4.79 Å². The lowest BCUT2D eigenvalue weighted by molar-refractivity contribution is -0.118. The molecule has 0 fully saturated rings. The number of nitrogens with zero attached hydrogens (tertiary/aromatic N) is 2. The number of pyridine rings is 1. The number of para-hydroxylation sites is 1. The van der Waals surface area contributed by atoms with Gasteiger partial charge in [-0.15, -0.1) is 11.8 Å². The standard InChI is InChI=1S/C18H13F2N3OS/c19-14-6-2-7-15(20)13(14)10-22-23-17(24)11-25-16-8-1-4-12-5-3-9-21-18(12)16/h1-10H,11H2,(H,23,24)/b22-10+. The van der Waals surface area contributed by atoms with Crippen molar-refractivity contribution in [3.8, 4) is 0 Å². The maximum absolute atomic E-state index is 13.4. The van der Waals surface area contributed by atoms with Gasteiger partial charge in [-0.25, -0.2) is 14.2 Å². The first-order valence-electron chi connectivity index (χ1n) is 7.37. The van der Waals surface area contributed by atoms with E-state index in [1.165, 1.54) is 17.8 Å². The molecule has 0 spiro atoms. The molecule has 4 nitrogen and oxygen atoms in total. The first-order valence-corrected chi connectivity index (χ1v) is 8.36. The van der Waals surface area contributed by atoms with Crippen molar-refractivity contribution in [2.24, 2.45) is 5.10 Å². The van der Waals surface area contributed by atoms with Gasteiger partial charge in [0, 0.05) is 16.5 Å². The summed E-state index contributed by atoms with van der Waals surface area (Å²) in [6, 6.07) is 13.0. The molecule has 1 aromatic heterocycles. The average molecular weight is 357 g/mol. The fourth-order valence-electron chi connectivity index (χ4n) is 2.17. The second-order valence-electron chi connectivity index (χ2n) is 5.05. The Morgan fingerprint density at radius 3 is 2.64 bits per heavy atom. The van der Waals surface area contributed by atoms with Gasteiger partial charge in [-0.2, -0.15) is 5.10 Å². The highest BCUT2D eigenvalue weighted by atomic mass is 32.2. The third-order valence-electron chi connectivity index (χ3n) is 3.34. The summed E-state index contributed by atoms with van der Waals surface area (Å²) in [5.41, 5.74) is 2.78. The Bertz CT molecular complexity index is 921. The van der Waals surface area contributed by atoms with E-state index in [0.717, 1.165) is 34.1 Å². The normalized spacial score (nSPS) is 11.1. The van der Waals surface area contributed by atoms with Gasteiger partial charge in [0.15, 0.2) is 0 Å². The predicted molar refractivity (Wildman–Crippen MR) is 94.6 cm³/mol. The van der Waals surface area contributed by atoms with Crippen LogP contribution in [0.25, 0.3) is 10.9 Å². The average Bonchev–Trinajstić information content (AvgIpc) is 2.62. The number of benzene rings is 2. The number of carbonyl (C=O) groups is 1. The number of rotatable bonds is 5. The highest BCUT2D eigenvalue weighted by Gasteiger charge is 2.07. The number of halogens is 2. The van der Waals surface area contributed by atoms with E-state index >= 15 is 0 Å². The number of thioether (sulfide) groups is 1. The van der Waals surface area contributed by atoms with Crippen molar-refractivity contribution in [2.45, 2.75) is 4.90 Å². The van der Waals surface area contributed by atoms with E-state index in [1.54, 1.807) is 6.20 Å². The van der Waals surface area contributed by atoms with Gasteiger partial charge in [0.05, 0.1) is 23.0 Å². The van der Waals surface area contributed by atoms with E-state index in [4.69, 9.17) is 0 Å². The van der Waals surface area contributed by atoms with E-state index in [1.807, 2.05) is 30.3 Å². The minimum absolute atomic E-state index is 0.104. The maximum Gasteiger partial charge on any atom is 0.250 e. The minimum Gasteiger partial charge on any atom is -0.272 e. The Balaban J connectivity index is 1.61. The molecule has 0 unspecified atom stereocenters. The molecule has 1 amide bonds. The first kappa shape index (κ1) is 17.0. The Labute approximate surface area is 147 Å². The van der Waals surface area contributed by atoms with Crippen LogP contribution in [0.4, 0.5) is 8.78 Å². The SMILES string of the molecule is O=C(CSc1cccc2cccnc12)N/N=C/c1c(F)cccc1F. The van der Waals surface area contributed by atoms with Gasteiger partial charge >= 0.3 is 0 Å². The Morgan fingerprint density at radius 1 is 1.12 bits per heavy atom. The fraction of sp³-hybridized carbons (Fsp3) is 0.0556. The summed E-state index contributed by atoms with van der Waals surface area (Å²) in [5.74, 6) is -1.76. The van der Waals surface area contributed by atoms with Gasteiger partial charge in [0.25, 0.3) is 0 Å². The fourth-order valence-corrected chi connectivity index (χ4v) is 3.00. The molecule has 2 aromatic carbocycles. The molecular formula is C18H13F2N3OS. The molecule has 126 valence electrons. The van der Waals surface area contributed by atoms with Gasteiger partial charge in [0.2, 0.25) is 5.91 Å². The molecule has 0 atom stereocenters. The summed E-state index contributed by atoms with van der Waals surface area (Å²) < 4.78 is 26.9. The molecule has 7 heteroatoms. The van der Waals surface area contributed by atoms with E-state index < -0.39 is 11.6 Å². The molecule has 3 aromatic rings. The summed E-state index contributed by atoms with van der Waals surface area (Å²) in [6.07, 6.45) is 2.65. The van der Waals surface area contributed by atoms with Crippen LogP contribution in [0, 0.1) is 11.6 Å². The molecular weight excluding hydrogens is 344 g/mol. The topological polar surface area (TPSA) is 54.4 Å². The van der Waals surface area contributed by atoms with Crippen molar-refractivity contribution in [3.63, 3.8) is 0 Å². The number of hydrogen-bond acceptors (Lipinski definition) is 4. The number of hydrazone groups is 1. The van der Waals surface area contributed by atoms with Crippen molar-refractivity contribution >= 4 is 34.8 Å². The smallest absolute Gasteiger partial charge is 0.250 e. The van der Waals surface area contributed by atoms with Gasteiger partial charge in [-0.05, 0) is 24.3 Å². The van der Waals surface area contributed by atoms with Crippen LogP contribution < -0.4 is 5.43 Å². The lowest BCUT2D eigenvalue weighted by Crippen LogP contribution is -2.19. The molecule has 25 heavy (non-hydrogen) atoms. The van der Waals surface area contributed by atoms with Crippen molar-refractivity contribution in [1.82, 2.24) is 10.4 Å². The summed E-state index contributed by atoms with van der Waals surface area (Å²) >= 11 is 1.31. The maximum atomic E-state index is 13.4. The van der Waals surface area contributed by atoms with E-state index in [2.05, 4.69) is 15.5 Å². The van der Waals surface area contributed by atoms with Crippen LogP contribution >= 0.6 is 11.8 Å². The second-order valence-corrected chi connectivity index (χ2v) is 6.07. The lowest BCUT2D eigenvalue weighted by Gasteiger charge is -2.04. The number of nitrogens with one attached hydrogen (secondary N) is 1. The first-order chi connectivity index (χ1) is 12.1. The van der Waals surface area contributed by atoms with Crippen molar-refractivity contribution < 1.29 is 13.6 Å². The summed E-state index contributed by atoms with van der Waals surface area (Å²) in [6.45, 7) is 0. The molecule has 0 aliphatic carbocycles. The minimum atomic E-state index is -0.741. The molecule has 0 saturated carbocycles. The van der Waals surface area contributed by atoms with Crippen molar-refractivity contribution in [1.29, 1.82) is 0 Å². The van der Waals surface area contributed by atoms with Crippen LogP contribution in [0.3, 0.4) is 0 Å². The third kappa shape index (κ3) is 4.19. The lowest BCUT2D eigenvalue weighted by atomic mass is 10.2. The van der Waals surface area contributed by atoms with E-state index in [9.17, 15) is 13.6 Å². The summed E-state index contributed by atoms with van der Waals surface area (Å²) in [7, 11) is 0. The number of hydrogen-bond donors (Lipinski definition) is 1. The molecule has 3 rings (SSSR count). The van der Waals surface area contributed by atoms with Gasteiger partial charge < -0.3 is 0 Å². The summed E-state index contributed by atoms with van der Waals surface area (Å²) in [5, 5.41) is 4.59. The molecule has 0 radical (unpaired) electrons. The van der Waals surface area contributed by atoms with Crippen molar-refractivity contribution in [2.75, 3.05) is 5.75 Å². The largest absolute Gasteiger partial charge is 0.272 e. The number of carbonyl (C=O) groups excluding carboxylic acids is 1. The molecule has 0 aliphatic rings. The molecule has 0 saturated heterocycles. The highest BCUT2D eigenvalue weighted by Crippen LogP contribution is 2.25. The number of amides is 1. The molecule has 1 N–H and O–H groups in total.